The van der Waals surface area contributed by atoms with Gasteiger partial charge >= 0.3 is 0 Å². The number of allylic oxidation sites excluding steroid dienone is 3. The van der Waals surface area contributed by atoms with Crippen LogP contribution in [0.25, 0.3) is 0 Å². The number of rotatable bonds is 6. The largest absolute Gasteiger partial charge is 0.462 e. The molecule has 0 spiro atoms. The normalized spacial score (nSPS) is 15.0. The molecule has 0 amide bonds. The first-order valence-corrected chi connectivity index (χ1v) is 11.2. The van der Waals surface area contributed by atoms with Gasteiger partial charge < -0.3 is 30.6 Å². The van der Waals surface area contributed by atoms with Crippen LogP contribution in [-0.4, -0.2) is 67.7 Å². The van der Waals surface area contributed by atoms with Crippen molar-refractivity contribution in [1.82, 2.24) is 10.2 Å². The molecule has 1 fully saturated rings. The summed E-state index contributed by atoms with van der Waals surface area (Å²) in [6.07, 6.45) is 22.6. The Kier molecular flexibility index (Phi) is 46.6. The number of nitrogens with two attached hydrogens (primary N) is 1. The highest BCUT2D eigenvalue weighted by atomic mass is 16.5. The zero-order valence-corrected chi connectivity index (χ0v) is 23.7. The van der Waals surface area contributed by atoms with E-state index in [4.69, 9.17) is 0 Å². The average molecular weight is 496 g/mol. The molecule has 1 heterocycles. The highest BCUT2D eigenvalue weighted by Gasteiger charge is 2.30. The second kappa shape index (κ2) is 35.7. The number of ether oxygens (including phenoxy) is 1. The van der Waals surface area contributed by atoms with E-state index in [0.29, 0.717) is 26.0 Å². The van der Waals surface area contributed by atoms with Crippen LogP contribution in [0.5, 0.6) is 0 Å². The lowest BCUT2D eigenvalue weighted by Crippen LogP contribution is -2.33. The van der Waals surface area contributed by atoms with E-state index in [0.717, 1.165) is 17.9 Å². The van der Waals surface area contributed by atoms with Gasteiger partial charge in [-0.05, 0) is 47.7 Å². The maximum Gasteiger partial charge on any atom is 0.293 e. The van der Waals surface area contributed by atoms with Gasteiger partial charge in [0.05, 0.1) is 12.1 Å². The first-order valence-electron chi connectivity index (χ1n) is 11.2. The summed E-state index contributed by atoms with van der Waals surface area (Å²) in [5, 5.41) is 12.3. The number of aldehydes is 1. The quantitative estimate of drug-likeness (QED) is 0.292. The highest BCUT2D eigenvalue weighted by Crippen LogP contribution is 2.19. The molecular weight excluding hydrogens is 442 g/mol. The van der Waals surface area contributed by atoms with Gasteiger partial charge in [0.15, 0.2) is 0 Å². The molecule has 1 aliphatic heterocycles. The Balaban J connectivity index is -0.0000000817. The number of hydrogen-bond acceptors (Lipinski definition) is 7. The molecule has 0 bridgehead atoms. The Morgan fingerprint density at radius 2 is 1.63 bits per heavy atom. The van der Waals surface area contributed by atoms with Crippen molar-refractivity contribution in [3.05, 3.63) is 37.1 Å². The van der Waals surface area contributed by atoms with E-state index >= 15 is 0 Å². The summed E-state index contributed by atoms with van der Waals surface area (Å²) in [5.74, 6) is 0.833. The van der Waals surface area contributed by atoms with Crippen molar-refractivity contribution in [3.63, 3.8) is 0 Å². The van der Waals surface area contributed by atoms with E-state index in [1.165, 1.54) is 7.05 Å². The van der Waals surface area contributed by atoms with E-state index < -0.39 is 6.10 Å². The average Bonchev–Trinajstić information content (AvgIpc) is 3.19. The van der Waals surface area contributed by atoms with Gasteiger partial charge in [-0.25, -0.2) is 0 Å². The van der Waals surface area contributed by atoms with Crippen LogP contribution in [0.15, 0.2) is 37.1 Å². The Bertz CT molecular complexity index is 539. The van der Waals surface area contributed by atoms with Gasteiger partial charge in [0, 0.05) is 25.2 Å². The van der Waals surface area contributed by atoms with Crippen molar-refractivity contribution >= 4 is 12.8 Å². The zero-order valence-electron chi connectivity index (χ0n) is 23.7. The summed E-state index contributed by atoms with van der Waals surface area (Å²) < 4.78 is 4.55. The number of likely N-dealkylation sites (N-methyl/N-ethyl adjacent to an activating group) is 1. The predicted molar refractivity (Wildman–Crippen MR) is 153 cm³/mol. The summed E-state index contributed by atoms with van der Waals surface area (Å²) in [7, 11) is 3.33. The summed E-state index contributed by atoms with van der Waals surface area (Å²) in [6, 6.07) is -0.198. The molecule has 7 nitrogen and oxygen atoms in total. The van der Waals surface area contributed by atoms with Crippen LogP contribution in [0.1, 0.15) is 54.9 Å². The summed E-state index contributed by atoms with van der Waals surface area (Å²) in [5.41, 5.74) is 5.04. The number of nitrogens with zero attached hydrogens (tertiary/aromatic N) is 1. The van der Waals surface area contributed by atoms with Gasteiger partial charge in [-0.15, -0.1) is 25.7 Å². The second-order valence-corrected chi connectivity index (χ2v) is 8.16. The topological polar surface area (TPSA) is 105 Å². The van der Waals surface area contributed by atoms with E-state index in [1.54, 1.807) is 6.08 Å². The van der Waals surface area contributed by atoms with Crippen molar-refractivity contribution in [2.75, 3.05) is 27.2 Å². The standard InChI is InChI=1S/C9H16N2O2.C5H10O2.C5H8.C4H10.2C2H2.CH5N/c1-7(4-10-2)11-5-9(13)3-8(11)6-12;1-5(2,3)7-4-6;1-3-5-4-2;1-4(2)3;3*1-2/h6,8-10,13H,1,3-5H2,2H3;4H,1-3H3;3-5H,1H2,2H3;4H,1-3H3;2*1-2H;2H2,1H3/b;;5-4-;;;;/t8-,9-;;;;;;/m0....../s1. The van der Waals surface area contributed by atoms with E-state index in [1.807, 2.05) is 51.8 Å². The van der Waals surface area contributed by atoms with Crippen LogP contribution in [0.4, 0.5) is 0 Å². The molecule has 0 aromatic heterocycles. The van der Waals surface area contributed by atoms with Gasteiger partial charge in [0.25, 0.3) is 6.47 Å². The second-order valence-electron chi connectivity index (χ2n) is 8.16. The van der Waals surface area contributed by atoms with Crippen molar-refractivity contribution < 1.29 is 19.4 Å². The number of likely N-dealkylation sites (tertiary alicyclic amines) is 1. The summed E-state index contributed by atoms with van der Waals surface area (Å²) >= 11 is 0. The minimum atomic E-state index is -0.399. The minimum Gasteiger partial charge on any atom is -0.462 e. The minimum absolute atomic E-state index is 0.198. The summed E-state index contributed by atoms with van der Waals surface area (Å²) in [6.45, 7) is 22.9. The number of aliphatic hydroxyl groups is 1. The van der Waals surface area contributed by atoms with Crippen molar-refractivity contribution in [1.29, 1.82) is 0 Å². The number of β-amino-alcohol motifs (C(OH)–C–C–N with tert-alkyl or cyclic N) is 1. The van der Waals surface area contributed by atoms with Gasteiger partial charge in [-0.1, -0.05) is 52.2 Å². The van der Waals surface area contributed by atoms with Gasteiger partial charge in [-0.2, -0.15) is 0 Å². The molecule has 0 aliphatic carbocycles. The van der Waals surface area contributed by atoms with Crippen molar-refractivity contribution in [2.45, 2.75) is 72.6 Å². The molecule has 4 N–H and O–H groups in total. The van der Waals surface area contributed by atoms with Crippen molar-refractivity contribution in [2.24, 2.45) is 11.7 Å². The molecule has 1 rings (SSSR count). The number of carbonyl (C=O) groups excluding carboxylic acids is 2. The third kappa shape index (κ3) is 45.4. The number of aliphatic hydroxyl groups excluding tert-OH is 1. The molecule has 1 aliphatic rings. The zero-order chi connectivity index (χ0) is 29.5. The molecular formula is C28H53N3O4. The van der Waals surface area contributed by atoms with E-state index in [9.17, 15) is 14.7 Å². The van der Waals surface area contributed by atoms with E-state index in [2.05, 4.69) is 75.4 Å². The van der Waals surface area contributed by atoms with Crippen LogP contribution in [-0.2, 0) is 14.3 Å². The Morgan fingerprint density at radius 1 is 1.20 bits per heavy atom. The first kappa shape index (κ1) is 45.6. The SMILES string of the molecule is C#C.C#C.C=C(CNC)N1C[C@@H](O)C[C@H]1C=O.C=C/C=C\C.CC(C)(C)OC=O.CC(C)C.CN. The van der Waals surface area contributed by atoms with Gasteiger partial charge in [-0.3, -0.25) is 4.79 Å². The fourth-order valence-corrected chi connectivity index (χ4v) is 1.92. The molecule has 35 heavy (non-hydrogen) atoms. The lowest BCUT2D eigenvalue weighted by Gasteiger charge is -2.24. The maximum atomic E-state index is 10.7. The predicted octanol–water partition coefficient (Wildman–Crippen LogP) is 3.80. The number of nitrogens with one attached hydrogen (secondary N) is 1. The van der Waals surface area contributed by atoms with Crippen LogP contribution >= 0.6 is 0 Å². The lowest BCUT2D eigenvalue weighted by atomic mass is 10.2. The fraction of sp³-hybridized carbons (Fsp3) is 0.571. The van der Waals surface area contributed by atoms with E-state index in [-0.39, 0.29) is 11.6 Å². The smallest absolute Gasteiger partial charge is 0.293 e. The Hall–Kier alpha value is -2.84. The van der Waals surface area contributed by atoms with Crippen LogP contribution in [0, 0.1) is 31.6 Å². The van der Waals surface area contributed by atoms with Crippen LogP contribution in [0.3, 0.4) is 0 Å². The molecule has 0 saturated carbocycles. The first-order chi connectivity index (χ1) is 16.4. The highest BCUT2D eigenvalue weighted by molar-refractivity contribution is 5.59. The summed E-state index contributed by atoms with van der Waals surface area (Å²) in [4.78, 5) is 22.1. The molecule has 204 valence electrons. The molecule has 0 aromatic rings. The molecule has 0 unspecified atom stereocenters. The Labute approximate surface area is 216 Å². The Morgan fingerprint density at radius 3 is 1.83 bits per heavy atom. The maximum absolute atomic E-state index is 10.7. The van der Waals surface area contributed by atoms with Crippen LogP contribution < -0.4 is 11.1 Å². The van der Waals surface area contributed by atoms with Crippen molar-refractivity contribution in [3.8, 4) is 25.7 Å². The van der Waals surface area contributed by atoms with Gasteiger partial charge in [0.2, 0.25) is 0 Å². The number of carbonyl (C=O) groups is 2. The van der Waals surface area contributed by atoms with Gasteiger partial charge in [0.1, 0.15) is 11.9 Å². The third-order valence-electron chi connectivity index (χ3n) is 3.00. The molecule has 7 heteroatoms. The number of hydrogen-bond donors (Lipinski definition) is 3. The number of terminal acetylenes is 2. The lowest BCUT2D eigenvalue weighted by molar-refractivity contribution is -0.138. The molecule has 1 saturated heterocycles. The molecule has 0 radical (unpaired) electrons. The molecule has 2 atom stereocenters. The van der Waals surface area contributed by atoms with Crippen LogP contribution in [0.2, 0.25) is 0 Å². The molecule has 0 aromatic carbocycles. The fourth-order valence-electron chi connectivity index (χ4n) is 1.92. The third-order valence-corrected chi connectivity index (χ3v) is 3.00. The monoisotopic (exact) mass is 495 g/mol.